The summed E-state index contributed by atoms with van der Waals surface area (Å²) in [5, 5.41) is 2.88. The molecule has 0 unspecified atom stereocenters. The van der Waals surface area contributed by atoms with Gasteiger partial charge in [0, 0.05) is 32.7 Å². The van der Waals surface area contributed by atoms with Gasteiger partial charge in [0.15, 0.2) is 6.61 Å². The molecule has 1 N–H and O–H groups in total. The minimum absolute atomic E-state index is 0.0332. The number of amides is 3. The molecule has 1 aromatic rings. The summed E-state index contributed by atoms with van der Waals surface area (Å²) in [6.45, 7) is 7.18. The van der Waals surface area contributed by atoms with Crippen LogP contribution in [0, 0.1) is 6.92 Å². The fourth-order valence-electron chi connectivity index (χ4n) is 2.66. The van der Waals surface area contributed by atoms with E-state index < -0.39 is 0 Å². The first-order chi connectivity index (χ1) is 11.6. The fraction of sp³-hybridized carbons (Fsp3) is 0.556. The molecule has 6 heteroatoms. The Hall–Kier alpha value is -2.24. The Morgan fingerprint density at radius 3 is 2.67 bits per heavy atom. The highest BCUT2D eigenvalue weighted by atomic mass is 16.5. The lowest BCUT2D eigenvalue weighted by Crippen LogP contribution is -2.43. The molecule has 1 aromatic carbocycles. The van der Waals surface area contributed by atoms with Gasteiger partial charge in [0.2, 0.25) is 0 Å². The van der Waals surface area contributed by atoms with Crippen LogP contribution in [-0.4, -0.2) is 61.1 Å². The van der Waals surface area contributed by atoms with Crippen molar-refractivity contribution < 1.29 is 14.3 Å². The van der Waals surface area contributed by atoms with E-state index in [1.165, 1.54) is 0 Å². The average molecular weight is 333 g/mol. The largest absolute Gasteiger partial charge is 0.484 e. The van der Waals surface area contributed by atoms with Crippen LogP contribution in [0.15, 0.2) is 24.3 Å². The molecule has 0 aliphatic carbocycles. The Balaban J connectivity index is 1.80. The van der Waals surface area contributed by atoms with Crippen LogP contribution in [-0.2, 0) is 4.79 Å². The van der Waals surface area contributed by atoms with Crippen LogP contribution < -0.4 is 10.1 Å². The highest BCUT2D eigenvalue weighted by molar-refractivity contribution is 5.78. The van der Waals surface area contributed by atoms with Crippen molar-refractivity contribution in [1.82, 2.24) is 15.1 Å². The van der Waals surface area contributed by atoms with Gasteiger partial charge in [-0.05, 0) is 37.5 Å². The molecule has 1 aliphatic rings. The van der Waals surface area contributed by atoms with Gasteiger partial charge in [-0.3, -0.25) is 4.79 Å². The standard InChI is InChI=1S/C18H27N3O3/c1-3-8-19-18(23)21-10-5-9-20(11-12-21)17(22)14-24-16-7-4-6-15(2)13-16/h4,6-7,13H,3,5,8-12,14H2,1-2H3,(H,19,23). The first kappa shape index (κ1) is 18.1. The average Bonchev–Trinajstić information content (AvgIpc) is 2.84. The molecule has 0 saturated carbocycles. The third-order valence-electron chi connectivity index (χ3n) is 4.01. The van der Waals surface area contributed by atoms with Gasteiger partial charge in [-0.2, -0.15) is 0 Å². The lowest BCUT2D eigenvalue weighted by atomic mass is 10.2. The summed E-state index contributed by atoms with van der Waals surface area (Å²) >= 11 is 0. The molecule has 1 heterocycles. The number of nitrogens with zero attached hydrogens (tertiary/aromatic N) is 2. The number of benzene rings is 1. The zero-order chi connectivity index (χ0) is 17.4. The molecule has 0 radical (unpaired) electrons. The van der Waals surface area contributed by atoms with Crippen LogP contribution in [0.2, 0.25) is 0 Å². The second-order valence-electron chi connectivity index (χ2n) is 6.06. The van der Waals surface area contributed by atoms with Gasteiger partial charge in [-0.15, -0.1) is 0 Å². The zero-order valence-electron chi connectivity index (χ0n) is 14.6. The van der Waals surface area contributed by atoms with Crippen LogP contribution in [0.4, 0.5) is 4.79 Å². The Bertz CT molecular complexity index is 562. The molecule has 132 valence electrons. The molecule has 1 saturated heterocycles. The number of ether oxygens (including phenoxy) is 1. The van der Waals surface area contributed by atoms with Crippen molar-refractivity contribution in [3.8, 4) is 5.75 Å². The lowest BCUT2D eigenvalue weighted by Gasteiger charge is -2.22. The molecule has 24 heavy (non-hydrogen) atoms. The molecule has 1 fully saturated rings. The highest BCUT2D eigenvalue weighted by Gasteiger charge is 2.22. The van der Waals surface area contributed by atoms with Gasteiger partial charge >= 0.3 is 6.03 Å². The molecular formula is C18H27N3O3. The summed E-state index contributed by atoms with van der Waals surface area (Å²) in [6.07, 6.45) is 1.70. The Morgan fingerprint density at radius 1 is 1.17 bits per heavy atom. The first-order valence-corrected chi connectivity index (χ1v) is 8.60. The maximum absolute atomic E-state index is 12.3. The maximum atomic E-state index is 12.3. The summed E-state index contributed by atoms with van der Waals surface area (Å²) in [5.41, 5.74) is 1.10. The monoisotopic (exact) mass is 333 g/mol. The van der Waals surface area contributed by atoms with Gasteiger partial charge in [0.05, 0.1) is 0 Å². The van der Waals surface area contributed by atoms with E-state index in [1.54, 1.807) is 9.80 Å². The fourth-order valence-corrected chi connectivity index (χ4v) is 2.66. The van der Waals surface area contributed by atoms with E-state index in [1.807, 2.05) is 38.1 Å². The number of hydrogen-bond acceptors (Lipinski definition) is 3. The van der Waals surface area contributed by atoms with Crippen LogP contribution in [0.25, 0.3) is 0 Å². The van der Waals surface area contributed by atoms with Crippen molar-refractivity contribution in [3.63, 3.8) is 0 Å². The Labute approximate surface area is 143 Å². The van der Waals surface area contributed by atoms with Crippen LogP contribution in [0.1, 0.15) is 25.3 Å². The number of hydrogen-bond donors (Lipinski definition) is 1. The number of rotatable bonds is 5. The van der Waals surface area contributed by atoms with Gasteiger partial charge in [0.25, 0.3) is 5.91 Å². The number of aryl methyl sites for hydroxylation is 1. The van der Waals surface area contributed by atoms with Gasteiger partial charge < -0.3 is 19.9 Å². The summed E-state index contributed by atoms with van der Waals surface area (Å²) in [4.78, 5) is 27.9. The van der Waals surface area contributed by atoms with Crippen molar-refractivity contribution in [2.75, 3.05) is 39.3 Å². The van der Waals surface area contributed by atoms with E-state index in [-0.39, 0.29) is 18.5 Å². The quantitative estimate of drug-likeness (QED) is 0.897. The van der Waals surface area contributed by atoms with E-state index in [0.29, 0.717) is 38.5 Å². The van der Waals surface area contributed by atoms with E-state index in [0.717, 1.165) is 18.4 Å². The van der Waals surface area contributed by atoms with Gasteiger partial charge in [-0.25, -0.2) is 4.79 Å². The molecule has 3 amide bonds. The third-order valence-corrected chi connectivity index (χ3v) is 4.01. The van der Waals surface area contributed by atoms with Crippen LogP contribution in [0.3, 0.4) is 0 Å². The molecular weight excluding hydrogens is 306 g/mol. The number of urea groups is 1. The van der Waals surface area contributed by atoms with E-state index >= 15 is 0 Å². The minimum atomic E-state index is -0.0397. The molecule has 0 aromatic heterocycles. The summed E-state index contributed by atoms with van der Waals surface area (Å²) in [6, 6.07) is 7.62. The van der Waals surface area contributed by atoms with Crippen molar-refractivity contribution in [3.05, 3.63) is 29.8 Å². The van der Waals surface area contributed by atoms with Crippen molar-refractivity contribution in [2.45, 2.75) is 26.7 Å². The number of carbonyl (C=O) groups is 2. The summed E-state index contributed by atoms with van der Waals surface area (Å²) in [5.74, 6) is 0.672. The molecule has 0 bridgehead atoms. The number of carbonyl (C=O) groups excluding carboxylic acids is 2. The third kappa shape index (κ3) is 5.44. The molecule has 1 aliphatic heterocycles. The van der Waals surface area contributed by atoms with E-state index in [9.17, 15) is 9.59 Å². The highest BCUT2D eigenvalue weighted by Crippen LogP contribution is 2.12. The Kier molecular flexibility index (Phi) is 6.90. The Morgan fingerprint density at radius 2 is 1.92 bits per heavy atom. The summed E-state index contributed by atoms with van der Waals surface area (Å²) < 4.78 is 5.59. The van der Waals surface area contributed by atoms with E-state index in [2.05, 4.69) is 5.32 Å². The second kappa shape index (κ2) is 9.15. The molecule has 2 rings (SSSR count). The second-order valence-corrected chi connectivity index (χ2v) is 6.06. The molecule has 0 atom stereocenters. The molecule has 0 spiro atoms. The summed E-state index contributed by atoms with van der Waals surface area (Å²) in [7, 11) is 0. The smallest absolute Gasteiger partial charge is 0.317 e. The van der Waals surface area contributed by atoms with Crippen molar-refractivity contribution >= 4 is 11.9 Å². The topological polar surface area (TPSA) is 61.9 Å². The lowest BCUT2D eigenvalue weighted by molar-refractivity contribution is -0.133. The predicted molar refractivity (Wildman–Crippen MR) is 93.1 cm³/mol. The van der Waals surface area contributed by atoms with Gasteiger partial charge in [0.1, 0.15) is 5.75 Å². The maximum Gasteiger partial charge on any atom is 0.317 e. The number of nitrogens with one attached hydrogen (secondary N) is 1. The molecule has 6 nitrogen and oxygen atoms in total. The normalized spacial score (nSPS) is 14.9. The predicted octanol–water partition coefficient (Wildman–Crippen LogP) is 2.03. The first-order valence-electron chi connectivity index (χ1n) is 8.60. The van der Waals surface area contributed by atoms with E-state index in [4.69, 9.17) is 4.74 Å². The van der Waals surface area contributed by atoms with Crippen molar-refractivity contribution in [2.24, 2.45) is 0 Å². The zero-order valence-corrected chi connectivity index (χ0v) is 14.6. The minimum Gasteiger partial charge on any atom is -0.484 e. The SMILES string of the molecule is CCCNC(=O)N1CCCN(C(=O)COc2cccc(C)c2)CC1. The van der Waals surface area contributed by atoms with Crippen LogP contribution >= 0.6 is 0 Å². The van der Waals surface area contributed by atoms with Crippen LogP contribution in [0.5, 0.6) is 5.75 Å². The van der Waals surface area contributed by atoms with Gasteiger partial charge in [-0.1, -0.05) is 19.1 Å². The van der Waals surface area contributed by atoms with Crippen molar-refractivity contribution in [1.29, 1.82) is 0 Å².